The third-order valence-electron chi connectivity index (χ3n) is 4.25. The summed E-state index contributed by atoms with van der Waals surface area (Å²) in [7, 11) is 0. The van der Waals surface area contributed by atoms with Crippen LogP contribution in [0.4, 0.5) is 11.4 Å². The predicted molar refractivity (Wildman–Crippen MR) is 110 cm³/mol. The van der Waals surface area contributed by atoms with Crippen LogP contribution in [0, 0.1) is 10.1 Å². The second-order valence-corrected chi connectivity index (χ2v) is 6.24. The first kappa shape index (κ1) is 19.1. The predicted octanol–water partition coefficient (Wildman–Crippen LogP) is 4.65. The largest absolute Gasteiger partial charge is 0.504 e. The zero-order chi connectivity index (χ0) is 21.1. The molecule has 4 aromatic rings. The monoisotopic (exact) mass is 404 g/mol. The zero-order valence-corrected chi connectivity index (χ0v) is 15.8. The van der Waals surface area contributed by atoms with E-state index in [1.54, 1.807) is 49.6 Å². The van der Waals surface area contributed by atoms with Crippen molar-refractivity contribution >= 4 is 28.7 Å². The number of hydrogen-bond donors (Lipinski definition) is 1. The summed E-state index contributed by atoms with van der Waals surface area (Å²) in [5, 5.41) is 21.5. The van der Waals surface area contributed by atoms with Crippen molar-refractivity contribution in [1.82, 2.24) is 9.97 Å². The van der Waals surface area contributed by atoms with Gasteiger partial charge in [-0.25, -0.2) is 4.98 Å². The molecule has 0 atom stereocenters. The summed E-state index contributed by atoms with van der Waals surface area (Å²) in [6.45, 7) is 1.98. The first-order valence-electron chi connectivity index (χ1n) is 9.04. The van der Waals surface area contributed by atoms with E-state index in [4.69, 9.17) is 9.15 Å². The fraction of sp³-hybridized carbons (Fsp3) is 0.0952. The van der Waals surface area contributed by atoms with E-state index in [-0.39, 0.29) is 29.4 Å². The van der Waals surface area contributed by atoms with E-state index < -0.39 is 4.92 Å². The highest BCUT2D eigenvalue weighted by atomic mass is 16.6. The number of fused-ring (bicyclic) bond motifs is 1. The number of non-ortho nitro benzene ring substituents is 1. The number of phenolic OH excluding ortho intramolecular Hbond substituents is 1. The van der Waals surface area contributed by atoms with Crippen LogP contribution in [0.15, 0.2) is 64.3 Å². The third-order valence-corrected chi connectivity index (χ3v) is 4.25. The number of ether oxygens (including phenoxy) is 1. The van der Waals surface area contributed by atoms with Gasteiger partial charge in [0.1, 0.15) is 5.52 Å². The summed E-state index contributed by atoms with van der Waals surface area (Å²) in [5.41, 5.74) is 2.52. The molecule has 0 saturated carbocycles. The van der Waals surface area contributed by atoms with Crippen molar-refractivity contribution in [3.8, 4) is 23.0 Å². The van der Waals surface area contributed by atoms with E-state index in [0.717, 1.165) is 5.56 Å². The molecule has 2 aromatic carbocycles. The molecule has 4 rings (SSSR count). The smallest absolute Gasteiger partial charge is 0.274 e. The van der Waals surface area contributed by atoms with Crippen LogP contribution in [0.25, 0.3) is 22.6 Å². The van der Waals surface area contributed by atoms with Crippen LogP contribution in [0.3, 0.4) is 0 Å². The summed E-state index contributed by atoms with van der Waals surface area (Å²) < 4.78 is 11.0. The minimum atomic E-state index is -0.554. The molecule has 0 aliphatic carbocycles. The maximum absolute atomic E-state index is 11.2. The van der Waals surface area contributed by atoms with Gasteiger partial charge in [-0.1, -0.05) is 0 Å². The maximum Gasteiger partial charge on any atom is 0.274 e. The van der Waals surface area contributed by atoms with Crippen molar-refractivity contribution in [3.05, 3.63) is 70.5 Å². The Morgan fingerprint density at radius 3 is 2.77 bits per heavy atom. The lowest BCUT2D eigenvalue weighted by Gasteiger charge is -2.07. The average molecular weight is 404 g/mol. The molecule has 30 heavy (non-hydrogen) atoms. The van der Waals surface area contributed by atoms with Gasteiger partial charge in [-0.2, -0.15) is 0 Å². The van der Waals surface area contributed by atoms with E-state index in [0.29, 0.717) is 22.7 Å². The van der Waals surface area contributed by atoms with Crippen molar-refractivity contribution < 1.29 is 19.2 Å². The first-order chi connectivity index (χ1) is 14.5. The fourth-order valence-corrected chi connectivity index (χ4v) is 2.84. The van der Waals surface area contributed by atoms with Crippen LogP contribution >= 0.6 is 0 Å². The summed E-state index contributed by atoms with van der Waals surface area (Å²) >= 11 is 0. The van der Waals surface area contributed by atoms with E-state index in [1.807, 2.05) is 0 Å². The lowest BCUT2D eigenvalue weighted by molar-refractivity contribution is -0.385. The molecule has 2 heterocycles. The Bertz CT molecular complexity index is 1250. The summed E-state index contributed by atoms with van der Waals surface area (Å²) in [6.07, 6.45) is 4.65. The minimum absolute atomic E-state index is 0.0297. The van der Waals surface area contributed by atoms with Gasteiger partial charge < -0.3 is 14.3 Å². The van der Waals surface area contributed by atoms with Crippen LogP contribution in [0.5, 0.6) is 11.5 Å². The van der Waals surface area contributed by atoms with Crippen LogP contribution in [-0.4, -0.2) is 32.8 Å². The quantitative estimate of drug-likeness (QED) is 0.282. The highest BCUT2D eigenvalue weighted by Gasteiger charge is 2.16. The number of benzene rings is 2. The van der Waals surface area contributed by atoms with Gasteiger partial charge in [0.05, 0.1) is 23.3 Å². The Hall–Kier alpha value is -4.27. The molecule has 2 aromatic heterocycles. The van der Waals surface area contributed by atoms with Crippen molar-refractivity contribution in [2.24, 2.45) is 4.99 Å². The molecule has 0 bridgehead atoms. The van der Waals surface area contributed by atoms with Crippen LogP contribution in [0.2, 0.25) is 0 Å². The molecule has 0 aliphatic rings. The normalized spacial score (nSPS) is 11.2. The van der Waals surface area contributed by atoms with Crippen molar-refractivity contribution in [1.29, 1.82) is 0 Å². The van der Waals surface area contributed by atoms with Gasteiger partial charge in [0, 0.05) is 35.8 Å². The van der Waals surface area contributed by atoms with Crippen molar-refractivity contribution in [2.75, 3.05) is 6.61 Å². The highest BCUT2D eigenvalue weighted by Crippen LogP contribution is 2.34. The molecule has 0 spiro atoms. The Kier molecular flexibility index (Phi) is 5.08. The maximum atomic E-state index is 11.2. The number of nitro benzene ring substituents is 1. The molecule has 0 unspecified atom stereocenters. The summed E-state index contributed by atoms with van der Waals surface area (Å²) in [6, 6.07) is 11.2. The van der Waals surface area contributed by atoms with E-state index in [1.165, 1.54) is 18.3 Å². The SMILES string of the molecule is CCOc1cc([N+](=O)[O-])cc(C=Nc2ccc3oc(-c4ccncc4)nc3c2)c1O. The number of nitro groups is 1. The molecule has 9 nitrogen and oxygen atoms in total. The molecule has 0 amide bonds. The molecule has 0 fully saturated rings. The average Bonchev–Trinajstić information content (AvgIpc) is 3.18. The Morgan fingerprint density at radius 1 is 1.23 bits per heavy atom. The second kappa shape index (κ2) is 8.00. The number of hydrogen-bond acceptors (Lipinski definition) is 8. The Balaban J connectivity index is 1.68. The zero-order valence-electron chi connectivity index (χ0n) is 15.8. The van der Waals surface area contributed by atoms with E-state index in [9.17, 15) is 15.2 Å². The van der Waals surface area contributed by atoms with Crippen LogP contribution in [-0.2, 0) is 0 Å². The van der Waals surface area contributed by atoms with Crippen LogP contribution < -0.4 is 4.74 Å². The van der Waals surface area contributed by atoms with Crippen molar-refractivity contribution in [2.45, 2.75) is 6.92 Å². The van der Waals surface area contributed by atoms with Gasteiger partial charge in [-0.3, -0.25) is 20.1 Å². The number of aliphatic imine (C=N–C) groups is 1. The summed E-state index contributed by atoms with van der Waals surface area (Å²) in [5.74, 6) is 0.280. The van der Waals surface area contributed by atoms with Gasteiger partial charge in [-0.15, -0.1) is 0 Å². The number of aromatic hydroxyl groups is 1. The number of rotatable bonds is 6. The number of pyridine rings is 1. The van der Waals surface area contributed by atoms with Gasteiger partial charge in [0.25, 0.3) is 5.69 Å². The molecule has 9 heteroatoms. The van der Waals surface area contributed by atoms with Crippen molar-refractivity contribution in [3.63, 3.8) is 0 Å². The van der Waals surface area contributed by atoms with Crippen LogP contribution in [0.1, 0.15) is 12.5 Å². The second-order valence-electron chi connectivity index (χ2n) is 6.24. The standard InChI is InChI=1S/C21H16N4O5/c1-2-29-19-11-16(25(27)28)9-14(20(19)26)12-23-15-3-4-18-17(10-15)24-21(30-18)13-5-7-22-8-6-13/h3-12,26H,2H2,1H3. The molecule has 0 aliphatic heterocycles. The first-order valence-corrected chi connectivity index (χ1v) is 9.04. The van der Waals surface area contributed by atoms with Gasteiger partial charge in [0.2, 0.25) is 5.89 Å². The topological polar surface area (TPSA) is 124 Å². The van der Waals surface area contributed by atoms with Gasteiger partial charge in [-0.05, 0) is 37.3 Å². The Labute approximate surface area is 170 Å². The molecular weight excluding hydrogens is 388 g/mol. The molecular formula is C21H16N4O5. The highest BCUT2D eigenvalue weighted by molar-refractivity contribution is 5.89. The lowest BCUT2D eigenvalue weighted by Crippen LogP contribution is -1.97. The molecule has 1 N–H and O–H groups in total. The third kappa shape index (κ3) is 3.81. The Morgan fingerprint density at radius 2 is 2.03 bits per heavy atom. The summed E-state index contributed by atoms with van der Waals surface area (Å²) in [4.78, 5) is 23.4. The van der Waals surface area contributed by atoms with Gasteiger partial charge >= 0.3 is 0 Å². The number of aromatic nitrogens is 2. The number of phenols is 1. The fourth-order valence-electron chi connectivity index (χ4n) is 2.84. The van der Waals surface area contributed by atoms with E-state index in [2.05, 4.69) is 15.0 Å². The number of nitrogens with zero attached hydrogens (tertiary/aromatic N) is 4. The molecule has 0 saturated heterocycles. The van der Waals surface area contributed by atoms with E-state index >= 15 is 0 Å². The van der Waals surface area contributed by atoms with Gasteiger partial charge in [0.15, 0.2) is 17.1 Å². The molecule has 0 radical (unpaired) electrons. The minimum Gasteiger partial charge on any atom is -0.504 e. The lowest BCUT2D eigenvalue weighted by atomic mass is 10.1. The molecule has 150 valence electrons. The number of oxazole rings is 1.